The van der Waals surface area contributed by atoms with Crippen molar-refractivity contribution in [2.45, 2.75) is 19.8 Å². The lowest BCUT2D eigenvalue weighted by atomic mass is 10.2. The van der Waals surface area contributed by atoms with Gasteiger partial charge in [0.15, 0.2) is 5.76 Å². The first-order valence-corrected chi connectivity index (χ1v) is 6.44. The Labute approximate surface area is 117 Å². The monoisotopic (exact) mass is 272 g/mol. The Balaban J connectivity index is 1.95. The molecule has 0 spiro atoms. The lowest BCUT2D eigenvalue weighted by Gasteiger charge is -2.06. The fourth-order valence-electron chi connectivity index (χ4n) is 1.69. The second-order valence-corrected chi connectivity index (χ2v) is 4.31. The van der Waals surface area contributed by atoms with E-state index in [4.69, 9.17) is 4.42 Å². The third kappa shape index (κ3) is 3.71. The van der Waals surface area contributed by atoms with Crippen molar-refractivity contribution >= 4 is 23.2 Å². The Hall–Kier alpha value is -2.56. The van der Waals surface area contributed by atoms with Crippen molar-refractivity contribution in [3.8, 4) is 0 Å². The number of amides is 2. The van der Waals surface area contributed by atoms with Crippen LogP contribution >= 0.6 is 0 Å². The van der Waals surface area contributed by atoms with Gasteiger partial charge in [0, 0.05) is 17.8 Å². The summed E-state index contributed by atoms with van der Waals surface area (Å²) in [5.74, 6) is -0.0667. The molecule has 104 valence electrons. The van der Waals surface area contributed by atoms with E-state index in [2.05, 4.69) is 10.6 Å². The molecule has 0 radical (unpaired) electrons. The molecule has 0 aliphatic heterocycles. The van der Waals surface area contributed by atoms with E-state index in [0.717, 1.165) is 6.42 Å². The SMILES string of the molecule is CCCC(=O)Nc1ccc(NC(=O)c2ccco2)cc1. The van der Waals surface area contributed by atoms with Gasteiger partial charge in [0.1, 0.15) is 0 Å². The van der Waals surface area contributed by atoms with Gasteiger partial charge in [-0.05, 0) is 42.8 Å². The number of furan rings is 1. The summed E-state index contributed by atoms with van der Waals surface area (Å²) in [4.78, 5) is 23.2. The van der Waals surface area contributed by atoms with E-state index in [-0.39, 0.29) is 17.6 Å². The van der Waals surface area contributed by atoms with Crippen LogP contribution in [0.1, 0.15) is 30.3 Å². The number of rotatable bonds is 5. The van der Waals surface area contributed by atoms with Crippen LogP contribution in [-0.2, 0) is 4.79 Å². The van der Waals surface area contributed by atoms with Gasteiger partial charge >= 0.3 is 0 Å². The normalized spacial score (nSPS) is 10.1. The lowest BCUT2D eigenvalue weighted by molar-refractivity contribution is -0.116. The first-order valence-electron chi connectivity index (χ1n) is 6.44. The molecule has 1 aromatic carbocycles. The zero-order valence-electron chi connectivity index (χ0n) is 11.2. The zero-order chi connectivity index (χ0) is 14.4. The van der Waals surface area contributed by atoms with Crippen LogP contribution in [0.25, 0.3) is 0 Å². The molecule has 2 N–H and O–H groups in total. The summed E-state index contributed by atoms with van der Waals surface area (Å²) in [6.07, 6.45) is 2.75. The van der Waals surface area contributed by atoms with Crippen molar-refractivity contribution in [1.29, 1.82) is 0 Å². The Morgan fingerprint density at radius 3 is 2.25 bits per heavy atom. The van der Waals surface area contributed by atoms with Gasteiger partial charge in [-0.15, -0.1) is 0 Å². The van der Waals surface area contributed by atoms with E-state index in [0.29, 0.717) is 17.8 Å². The van der Waals surface area contributed by atoms with Gasteiger partial charge in [-0.25, -0.2) is 0 Å². The Kier molecular flexibility index (Phi) is 4.55. The van der Waals surface area contributed by atoms with Crippen LogP contribution in [0.15, 0.2) is 47.1 Å². The maximum atomic E-state index is 11.7. The van der Waals surface area contributed by atoms with E-state index in [9.17, 15) is 9.59 Å². The molecule has 0 fully saturated rings. The minimum atomic E-state index is -0.308. The maximum absolute atomic E-state index is 11.7. The number of hydrogen-bond acceptors (Lipinski definition) is 3. The van der Waals surface area contributed by atoms with Crippen LogP contribution in [0, 0.1) is 0 Å². The van der Waals surface area contributed by atoms with Crippen molar-refractivity contribution in [3.63, 3.8) is 0 Å². The minimum absolute atomic E-state index is 0.0140. The molecule has 5 nitrogen and oxygen atoms in total. The van der Waals surface area contributed by atoms with Crippen LogP contribution in [0.2, 0.25) is 0 Å². The van der Waals surface area contributed by atoms with Gasteiger partial charge in [0.2, 0.25) is 5.91 Å². The number of hydrogen-bond donors (Lipinski definition) is 2. The largest absolute Gasteiger partial charge is 0.459 e. The molecule has 2 rings (SSSR count). The van der Waals surface area contributed by atoms with E-state index in [1.54, 1.807) is 36.4 Å². The number of benzene rings is 1. The molecule has 1 heterocycles. The van der Waals surface area contributed by atoms with Crippen LogP contribution in [0.4, 0.5) is 11.4 Å². The van der Waals surface area contributed by atoms with Gasteiger partial charge in [-0.2, -0.15) is 0 Å². The van der Waals surface area contributed by atoms with Crippen LogP contribution in [0.3, 0.4) is 0 Å². The molecule has 0 bridgehead atoms. The highest BCUT2D eigenvalue weighted by atomic mass is 16.3. The fourth-order valence-corrected chi connectivity index (χ4v) is 1.69. The molecule has 2 amide bonds. The molecule has 0 saturated heterocycles. The predicted molar refractivity (Wildman–Crippen MR) is 76.6 cm³/mol. The number of anilines is 2. The highest BCUT2D eigenvalue weighted by Gasteiger charge is 2.08. The van der Waals surface area contributed by atoms with Crippen molar-refractivity contribution in [2.75, 3.05) is 10.6 Å². The van der Waals surface area contributed by atoms with Crippen molar-refractivity contribution < 1.29 is 14.0 Å². The van der Waals surface area contributed by atoms with Crippen LogP contribution in [0.5, 0.6) is 0 Å². The molecule has 2 aromatic rings. The maximum Gasteiger partial charge on any atom is 0.291 e. The summed E-state index contributed by atoms with van der Waals surface area (Å²) in [6.45, 7) is 1.95. The third-order valence-corrected chi connectivity index (χ3v) is 2.65. The Bertz CT molecular complexity index is 574. The van der Waals surface area contributed by atoms with Crippen LogP contribution < -0.4 is 10.6 Å². The van der Waals surface area contributed by atoms with Gasteiger partial charge < -0.3 is 15.1 Å². The lowest BCUT2D eigenvalue weighted by Crippen LogP contribution is -2.12. The molecular formula is C15H16N2O3. The van der Waals surface area contributed by atoms with Gasteiger partial charge in [0.05, 0.1) is 6.26 Å². The molecule has 0 unspecified atom stereocenters. The molecule has 5 heteroatoms. The predicted octanol–water partition coefficient (Wildman–Crippen LogP) is 3.27. The molecular weight excluding hydrogens is 256 g/mol. The van der Waals surface area contributed by atoms with E-state index < -0.39 is 0 Å². The molecule has 0 aliphatic carbocycles. The first-order chi connectivity index (χ1) is 9.69. The summed E-state index contributed by atoms with van der Waals surface area (Å²) in [6, 6.07) is 10.2. The van der Waals surface area contributed by atoms with Gasteiger partial charge in [0.25, 0.3) is 5.91 Å². The second-order valence-electron chi connectivity index (χ2n) is 4.31. The molecule has 20 heavy (non-hydrogen) atoms. The highest BCUT2D eigenvalue weighted by molar-refractivity contribution is 6.02. The van der Waals surface area contributed by atoms with Crippen molar-refractivity contribution in [3.05, 3.63) is 48.4 Å². The summed E-state index contributed by atoms with van der Waals surface area (Å²) < 4.78 is 5.00. The summed E-state index contributed by atoms with van der Waals surface area (Å²) in [7, 11) is 0. The highest BCUT2D eigenvalue weighted by Crippen LogP contribution is 2.15. The molecule has 0 aliphatic rings. The minimum Gasteiger partial charge on any atom is -0.459 e. The van der Waals surface area contributed by atoms with E-state index in [1.807, 2.05) is 6.92 Å². The average molecular weight is 272 g/mol. The molecule has 0 atom stereocenters. The number of carbonyl (C=O) groups excluding carboxylic acids is 2. The standard InChI is InChI=1S/C15H16N2O3/c1-2-4-14(18)16-11-6-8-12(9-7-11)17-15(19)13-5-3-10-20-13/h3,5-10H,2,4H2,1H3,(H,16,18)(H,17,19). The van der Waals surface area contributed by atoms with Gasteiger partial charge in [-0.1, -0.05) is 6.92 Å². The quantitative estimate of drug-likeness (QED) is 0.877. The zero-order valence-corrected chi connectivity index (χ0v) is 11.2. The van der Waals surface area contributed by atoms with Crippen molar-refractivity contribution in [1.82, 2.24) is 0 Å². The Morgan fingerprint density at radius 2 is 1.70 bits per heavy atom. The number of nitrogens with one attached hydrogen (secondary N) is 2. The average Bonchev–Trinajstić information content (AvgIpc) is 2.95. The van der Waals surface area contributed by atoms with E-state index in [1.165, 1.54) is 6.26 Å². The first kappa shape index (κ1) is 13.9. The second kappa shape index (κ2) is 6.56. The Morgan fingerprint density at radius 1 is 1.05 bits per heavy atom. The molecule has 0 saturated carbocycles. The van der Waals surface area contributed by atoms with E-state index >= 15 is 0 Å². The summed E-state index contributed by atoms with van der Waals surface area (Å²) >= 11 is 0. The summed E-state index contributed by atoms with van der Waals surface area (Å²) in [5, 5.41) is 5.49. The number of carbonyl (C=O) groups is 2. The fraction of sp³-hybridized carbons (Fsp3) is 0.200. The third-order valence-electron chi connectivity index (χ3n) is 2.65. The van der Waals surface area contributed by atoms with Crippen molar-refractivity contribution in [2.24, 2.45) is 0 Å². The smallest absolute Gasteiger partial charge is 0.291 e. The molecule has 1 aromatic heterocycles. The van der Waals surface area contributed by atoms with Gasteiger partial charge in [-0.3, -0.25) is 9.59 Å². The van der Waals surface area contributed by atoms with Crippen LogP contribution in [-0.4, -0.2) is 11.8 Å². The summed E-state index contributed by atoms with van der Waals surface area (Å²) in [5.41, 5.74) is 1.35. The topological polar surface area (TPSA) is 71.3 Å².